The second kappa shape index (κ2) is 6.72. The number of benzene rings is 3. The van der Waals surface area contributed by atoms with Crippen LogP contribution >= 0.6 is 0 Å². The number of halogens is 2. The molecular weight excluding hydrogens is 328 g/mol. The molecule has 1 aliphatic rings. The van der Waals surface area contributed by atoms with Crippen molar-refractivity contribution in [3.63, 3.8) is 0 Å². The van der Waals surface area contributed by atoms with Gasteiger partial charge in [0.2, 0.25) is 0 Å². The summed E-state index contributed by atoms with van der Waals surface area (Å²) in [7, 11) is 0. The molecule has 26 heavy (non-hydrogen) atoms. The van der Waals surface area contributed by atoms with Crippen molar-refractivity contribution in [2.24, 2.45) is 0 Å². The maximum atomic E-state index is 14.1. The van der Waals surface area contributed by atoms with E-state index in [1.165, 1.54) is 29.3 Å². The fraction of sp³-hybridized carbons (Fsp3) is 0.174. The van der Waals surface area contributed by atoms with Crippen molar-refractivity contribution in [2.75, 3.05) is 0 Å². The standard InChI is InChI=1S/C23H17F2N/c24-19-9-10-21-17(13-19)8-7-16-3-1-2-4-20(16)22(21)11-15-5-6-18(14-26)23(25)12-15/h1-6,9-10,12-13,22H,7-8,11H2. The third-order valence-corrected chi connectivity index (χ3v) is 5.17. The number of rotatable bonds is 2. The van der Waals surface area contributed by atoms with E-state index < -0.39 is 5.82 Å². The molecule has 0 aliphatic heterocycles. The van der Waals surface area contributed by atoms with Gasteiger partial charge in [-0.3, -0.25) is 0 Å². The molecule has 1 nitrogen and oxygen atoms in total. The van der Waals surface area contributed by atoms with E-state index in [4.69, 9.17) is 5.26 Å². The van der Waals surface area contributed by atoms with Crippen LogP contribution in [0.4, 0.5) is 8.78 Å². The lowest BCUT2D eigenvalue weighted by molar-refractivity contribution is 0.619. The van der Waals surface area contributed by atoms with Crippen molar-refractivity contribution in [3.8, 4) is 6.07 Å². The van der Waals surface area contributed by atoms with Crippen LogP contribution in [0.3, 0.4) is 0 Å². The van der Waals surface area contributed by atoms with Gasteiger partial charge in [-0.05, 0) is 71.3 Å². The minimum Gasteiger partial charge on any atom is -0.207 e. The monoisotopic (exact) mass is 345 g/mol. The van der Waals surface area contributed by atoms with E-state index in [0.717, 1.165) is 29.5 Å². The summed E-state index contributed by atoms with van der Waals surface area (Å²) in [5, 5.41) is 8.93. The van der Waals surface area contributed by atoms with Gasteiger partial charge in [-0.25, -0.2) is 8.78 Å². The first kappa shape index (κ1) is 16.5. The average molecular weight is 345 g/mol. The molecular formula is C23H17F2N. The quantitative estimate of drug-likeness (QED) is 0.617. The van der Waals surface area contributed by atoms with Crippen molar-refractivity contribution >= 4 is 0 Å². The maximum absolute atomic E-state index is 14.1. The normalized spacial score (nSPS) is 15.5. The van der Waals surface area contributed by atoms with Crippen LogP contribution in [0.15, 0.2) is 60.7 Å². The highest BCUT2D eigenvalue weighted by Gasteiger charge is 2.24. The van der Waals surface area contributed by atoms with Gasteiger partial charge < -0.3 is 0 Å². The predicted molar refractivity (Wildman–Crippen MR) is 96.9 cm³/mol. The van der Waals surface area contributed by atoms with E-state index in [9.17, 15) is 8.78 Å². The Bertz CT molecular complexity index is 1020. The Balaban J connectivity index is 1.81. The lowest BCUT2D eigenvalue weighted by atomic mass is 9.83. The predicted octanol–water partition coefficient (Wildman–Crippen LogP) is 5.31. The number of nitriles is 1. The van der Waals surface area contributed by atoms with Gasteiger partial charge in [0.1, 0.15) is 17.7 Å². The summed E-state index contributed by atoms with van der Waals surface area (Å²) in [6.45, 7) is 0. The van der Waals surface area contributed by atoms with Crippen LogP contribution in [0.2, 0.25) is 0 Å². The topological polar surface area (TPSA) is 23.8 Å². The Kier molecular flexibility index (Phi) is 4.26. The number of hydrogen-bond acceptors (Lipinski definition) is 1. The van der Waals surface area contributed by atoms with Crippen molar-refractivity contribution in [1.29, 1.82) is 5.26 Å². The third kappa shape index (κ3) is 2.99. The highest BCUT2D eigenvalue weighted by atomic mass is 19.1. The van der Waals surface area contributed by atoms with Gasteiger partial charge in [0.15, 0.2) is 0 Å². The lowest BCUT2D eigenvalue weighted by Gasteiger charge is -2.21. The Morgan fingerprint density at radius 1 is 0.885 bits per heavy atom. The molecule has 1 unspecified atom stereocenters. The number of nitrogens with zero attached hydrogens (tertiary/aromatic N) is 1. The molecule has 128 valence electrons. The fourth-order valence-corrected chi connectivity index (χ4v) is 3.90. The first-order valence-electron chi connectivity index (χ1n) is 8.70. The SMILES string of the molecule is N#Cc1ccc(CC2c3ccccc3CCc3cc(F)ccc32)cc1F. The van der Waals surface area contributed by atoms with Crippen LogP contribution in [0.1, 0.15) is 39.3 Å². The number of aryl methyl sites for hydroxylation is 2. The number of hydrogen-bond donors (Lipinski definition) is 0. The first-order chi connectivity index (χ1) is 12.7. The van der Waals surface area contributed by atoms with E-state index in [-0.39, 0.29) is 17.3 Å². The molecule has 3 aromatic rings. The zero-order chi connectivity index (χ0) is 18.1. The van der Waals surface area contributed by atoms with Gasteiger partial charge >= 0.3 is 0 Å². The van der Waals surface area contributed by atoms with Crippen LogP contribution in [-0.4, -0.2) is 0 Å². The van der Waals surface area contributed by atoms with Crippen LogP contribution in [0.25, 0.3) is 0 Å². The summed E-state index contributed by atoms with van der Waals surface area (Å²) >= 11 is 0. The summed E-state index contributed by atoms with van der Waals surface area (Å²) in [6.07, 6.45) is 2.27. The molecule has 0 heterocycles. The Hall–Kier alpha value is -2.99. The fourth-order valence-electron chi connectivity index (χ4n) is 3.90. The van der Waals surface area contributed by atoms with E-state index >= 15 is 0 Å². The molecule has 3 aromatic carbocycles. The second-order valence-corrected chi connectivity index (χ2v) is 6.72. The molecule has 0 N–H and O–H groups in total. The average Bonchev–Trinajstić information content (AvgIpc) is 2.79. The summed E-state index contributed by atoms with van der Waals surface area (Å²) in [5.74, 6) is -0.680. The second-order valence-electron chi connectivity index (χ2n) is 6.72. The first-order valence-corrected chi connectivity index (χ1v) is 8.70. The molecule has 0 aromatic heterocycles. The molecule has 0 spiro atoms. The van der Waals surface area contributed by atoms with Crippen LogP contribution in [0.5, 0.6) is 0 Å². The molecule has 0 fully saturated rings. The van der Waals surface area contributed by atoms with Gasteiger partial charge in [0.05, 0.1) is 5.56 Å². The maximum Gasteiger partial charge on any atom is 0.141 e. The lowest BCUT2D eigenvalue weighted by Crippen LogP contribution is -2.08. The van der Waals surface area contributed by atoms with Crippen LogP contribution in [-0.2, 0) is 19.3 Å². The third-order valence-electron chi connectivity index (χ3n) is 5.17. The smallest absolute Gasteiger partial charge is 0.141 e. The molecule has 0 radical (unpaired) electrons. The summed E-state index contributed by atoms with van der Waals surface area (Å²) in [6, 6.07) is 19.9. The largest absolute Gasteiger partial charge is 0.207 e. The van der Waals surface area contributed by atoms with E-state index in [1.54, 1.807) is 12.1 Å². The Morgan fingerprint density at radius 2 is 1.65 bits per heavy atom. The Morgan fingerprint density at radius 3 is 2.46 bits per heavy atom. The zero-order valence-corrected chi connectivity index (χ0v) is 14.2. The van der Waals surface area contributed by atoms with Gasteiger partial charge in [0.25, 0.3) is 0 Å². The van der Waals surface area contributed by atoms with Crippen molar-refractivity contribution in [2.45, 2.75) is 25.2 Å². The molecule has 3 heteroatoms. The molecule has 0 saturated carbocycles. The van der Waals surface area contributed by atoms with Gasteiger partial charge in [0, 0.05) is 5.92 Å². The number of fused-ring (bicyclic) bond motifs is 2. The van der Waals surface area contributed by atoms with Crippen LogP contribution in [0, 0.1) is 23.0 Å². The van der Waals surface area contributed by atoms with E-state index in [1.807, 2.05) is 24.3 Å². The zero-order valence-electron chi connectivity index (χ0n) is 14.2. The molecule has 4 rings (SSSR count). The summed E-state index contributed by atoms with van der Waals surface area (Å²) in [4.78, 5) is 0. The summed E-state index contributed by atoms with van der Waals surface area (Å²) < 4.78 is 27.8. The molecule has 1 aliphatic carbocycles. The van der Waals surface area contributed by atoms with Gasteiger partial charge in [-0.1, -0.05) is 36.4 Å². The highest BCUT2D eigenvalue weighted by Crippen LogP contribution is 2.37. The molecule has 1 atom stereocenters. The Labute approximate surface area is 151 Å². The minimum atomic E-state index is -0.494. The molecule has 0 amide bonds. The molecule has 0 bridgehead atoms. The highest BCUT2D eigenvalue weighted by molar-refractivity contribution is 5.46. The van der Waals surface area contributed by atoms with Gasteiger partial charge in [-0.2, -0.15) is 5.26 Å². The van der Waals surface area contributed by atoms with Gasteiger partial charge in [-0.15, -0.1) is 0 Å². The minimum absolute atomic E-state index is 0.0386. The summed E-state index contributed by atoms with van der Waals surface area (Å²) in [5.41, 5.74) is 5.46. The van der Waals surface area contributed by atoms with E-state index in [0.29, 0.717) is 6.42 Å². The van der Waals surface area contributed by atoms with Crippen molar-refractivity contribution < 1.29 is 8.78 Å². The molecule has 0 saturated heterocycles. The van der Waals surface area contributed by atoms with Crippen molar-refractivity contribution in [3.05, 3.63) is 106 Å². The van der Waals surface area contributed by atoms with Crippen molar-refractivity contribution in [1.82, 2.24) is 0 Å². The van der Waals surface area contributed by atoms with E-state index in [2.05, 4.69) is 12.1 Å². The van der Waals surface area contributed by atoms with Crippen LogP contribution < -0.4 is 0 Å².